The molecule has 0 saturated heterocycles. The number of nitrogens with one attached hydrogen (secondary N) is 1. The average Bonchev–Trinajstić information content (AvgIpc) is 2.20. The summed E-state index contributed by atoms with van der Waals surface area (Å²) in [6, 6.07) is 5.77. The topological polar surface area (TPSA) is 52.9 Å². The van der Waals surface area contributed by atoms with Crippen molar-refractivity contribution in [2.24, 2.45) is 0 Å². The Labute approximate surface area is 89.3 Å². The minimum Gasteiger partial charge on any atom is -0.320 e. The van der Waals surface area contributed by atoms with Gasteiger partial charge in [-0.1, -0.05) is 11.6 Å². The predicted molar refractivity (Wildman–Crippen MR) is 50.8 cm³/mol. The quantitative estimate of drug-likeness (QED) is 0.848. The predicted octanol–water partition coefficient (Wildman–Crippen LogP) is 2.42. The van der Waals surface area contributed by atoms with Crippen LogP contribution in [-0.4, -0.2) is 12.3 Å². The first-order valence-electron chi connectivity index (χ1n) is 3.83. The van der Waals surface area contributed by atoms with Crippen molar-refractivity contribution >= 4 is 23.2 Å². The molecular formula is C9H5ClF2N2O. The van der Waals surface area contributed by atoms with Crippen molar-refractivity contribution in [3.05, 3.63) is 28.8 Å². The van der Waals surface area contributed by atoms with Crippen LogP contribution in [0, 0.1) is 11.3 Å². The van der Waals surface area contributed by atoms with Crippen LogP contribution in [0.4, 0.5) is 14.5 Å². The van der Waals surface area contributed by atoms with E-state index in [4.69, 9.17) is 16.9 Å². The van der Waals surface area contributed by atoms with Crippen LogP contribution in [-0.2, 0) is 4.79 Å². The highest BCUT2D eigenvalue weighted by molar-refractivity contribution is 6.33. The summed E-state index contributed by atoms with van der Waals surface area (Å²) in [7, 11) is 0. The van der Waals surface area contributed by atoms with Crippen molar-refractivity contribution in [1.29, 1.82) is 5.26 Å². The van der Waals surface area contributed by atoms with Crippen LogP contribution < -0.4 is 5.32 Å². The fourth-order valence-electron chi connectivity index (χ4n) is 0.873. The third-order valence-electron chi connectivity index (χ3n) is 1.55. The molecule has 0 aliphatic rings. The van der Waals surface area contributed by atoms with Gasteiger partial charge in [0.15, 0.2) is 0 Å². The number of halogens is 3. The van der Waals surface area contributed by atoms with Crippen molar-refractivity contribution in [2.45, 2.75) is 6.43 Å². The van der Waals surface area contributed by atoms with Gasteiger partial charge in [-0.25, -0.2) is 0 Å². The lowest BCUT2D eigenvalue weighted by atomic mass is 10.2. The number of hydrogen-bond donors (Lipinski definition) is 1. The summed E-state index contributed by atoms with van der Waals surface area (Å²) in [4.78, 5) is 10.6. The van der Waals surface area contributed by atoms with Crippen LogP contribution in [0.25, 0.3) is 0 Å². The molecule has 0 aromatic heterocycles. The first-order valence-corrected chi connectivity index (χ1v) is 4.21. The van der Waals surface area contributed by atoms with E-state index in [0.717, 1.165) is 0 Å². The number of nitriles is 1. The Morgan fingerprint density at radius 3 is 2.67 bits per heavy atom. The van der Waals surface area contributed by atoms with Crippen LogP contribution in [0.5, 0.6) is 0 Å². The lowest BCUT2D eigenvalue weighted by Gasteiger charge is -2.06. The van der Waals surface area contributed by atoms with Gasteiger partial charge in [0, 0.05) is 0 Å². The molecule has 3 nitrogen and oxygen atoms in total. The van der Waals surface area contributed by atoms with Gasteiger partial charge in [-0.3, -0.25) is 4.79 Å². The molecular weight excluding hydrogens is 226 g/mol. The highest BCUT2D eigenvalue weighted by Gasteiger charge is 2.16. The van der Waals surface area contributed by atoms with Crippen LogP contribution in [0.2, 0.25) is 5.02 Å². The van der Waals surface area contributed by atoms with E-state index in [2.05, 4.69) is 0 Å². The van der Waals surface area contributed by atoms with Gasteiger partial charge in [-0.15, -0.1) is 0 Å². The molecule has 0 aliphatic heterocycles. The van der Waals surface area contributed by atoms with Crippen molar-refractivity contribution in [2.75, 3.05) is 5.32 Å². The minimum atomic E-state index is -3.10. The molecule has 6 heteroatoms. The molecule has 0 unspecified atom stereocenters. The Bertz CT molecular complexity index is 429. The lowest BCUT2D eigenvalue weighted by Crippen LogP contribution is -2.20. The normalized spacial score (nSPS) is 9.80. The Hall–Kier alpha value is -1.67. The molecule has 0 aliphatic carbocycles. The molecule has 1 N–H and O–H groups in total. The van der Waals surface area contributed by atoms with Crippen molar-refractivity contribution in [3.63, 3.8) is 0 Å². The monoisotopic (exact) mass is 230 g/mol. The average molecular weight is 231 g/mol. The largest absolute Gasteiger partial charge is 0.320 e. The summed E-state index contributed by atoms with van der Waals surface area (Å²) >= 11 is 5.65. The first kappa shape index (κ1) is 11.4. The summed E-state index contributed by atoms with van der Waals surface area (Å²) in [5.41, 5.74) is 0.344. The molecule has 1 rings (SSSR count). The number of rotatable bonds is 2. The molecule has 15 heavy (non-hydrogen) atoms. The minimum absolute atomic E-state index is 0.0445. The second-order valence-electron chi connectivity index (χ2n) is 2.60. The van der Waals surface area contributed by atoms with E-state index in [9.17, 15) is 13.6 Å². The summed E-state index contributed by atoms with van der Waals surface area (Å²) in [6.45, 7) is 0. The maximum Gasteiger partial charge on any atom is 0.315 e. The number of nitrogens with zero attached hydrogens (tertiary/aromatic N) is 1. The fraction of sp³-hybridized carbons (Fsp3) is 0.111. The molecule has 0 heterocycles. The molecule has 0 fully saturated rings. The number of anilines is 1. The number of carbonyl (C=O) groups excluding carboxylic acids is 1. The summed E-state index contributed by atoms with van der Waals surface area (Å²) in [6.07, 6.45) is -3.10. The van der Waals surface area contributed by atoms with E-state index < -0.39 is 12.3 Å². The lowest BCUT2D eigenvalue weighted by molar-refractivity contribution is -0.126. The van der Waals surface area contributed by atoms with Gasteiger partial charge < -0.3 is 5.32 Å². The number of hydrogen-bond acceptors (Lipinski definition) is 2. The Balaban J connectivity index is 2.89. The highest BCUT2D eigenvalue weighted by atomic mass is 35.5. The highest BCUT2D eigenvalue weighted by Crippen LogP contribution is 2.23. The zero-order valence-corrected chi connectivity index (χ0v) is 8.05. The van der Waals surface area contributed by atoms with Gasteiger partial charge in [0.1, 0.15) is 0 Å². The summed E-state index contributed by atoms with van der Waals surface area (Å²) < 4.78 is 23.8. The zero-order chi connectivity index (χ0) is 11.4. The van der Waals surface area contributed by atoms with Gasteiger partial charge in [0.25, 0.3) is 5.91 Å². The Morgan fingerprint density at radius 2 is 2.20 bits per heavy atom. The molecule has 0 spiro atoms. The zero-order valence-electron chi connectivity index (χ0n) is 7.30. The van der Waals surface area contributed by atoms with Crippen molar-refractivity contribution < 1.29 is 13.6 Å². The molecule has 1 amide bonds. The third-order valence-corrected chi connectivity index (χ3v) is 1.87. The second kappa shape index (κ2) is 4.71. The SMILES string of the molecule is N#Cc1ccc(NC(=O)C(F)F)c(Cl)c1. The van der Waals surface area contributed by atoms with Crippen LogP contribution in [0.3, 0.4) is 0 Å². The molecule has 0 atom stereocenters. The molecule has 1 aromatic carbocycles. The number of carbonyl (C=O) groups is 1. The standard InChI is InChI=1S/C9H5ClF2N2O/c10-6-3-5(4-13)1-2-7(6)14-9(15)8(11)12/h1-3,8H,(H,14,15). The number of alkyl halides is 2. The third kappa shape index (κ3) is 2.89. The van der Waals surface area contributed by atoms with Crippen molar-refractivity contribution in [3.8, 4) is 6.07 Å². The van der Waals surface area contributed by atoms with E-state index in [0.29, 0.717) is 0 Å². The van der Waals surface area contributed by atoms with Crippen molar-refractivity contribution in [1.82, 2.24) is 0 Å². The molecule has 0 bridgehead atoms. The van der Waals surface area contributed by atoms with Crippen LogP contribution in [0.15, 0.2) is 18.2 Å². The van der Waals surface area contributed by atoms with Gasteiger partial charge in [-0.2, -0.15) is 14.0 Å². The maximum atomic E-state index is 11.9. The second-order valence-corrected chi connectivity index (χ2v) is 3.00. The first-order chi connectivity index (χ1) is 7.04. The van der Waals surface area contributed by atoms with E-state index >= 15 is 0 Å². The van der Waals surface area contributed by atoms with Gasteiger partial charge in [-0.05, 0) is 18.2 Å². The van der Waals surface area contributed by atoms with E-state index in [1.807, 2.05) is 11.4 Å². The molecule has 1 aromatic rings. The van der Waals surface area contributed by atoms with Crippen LogP contribution in [0.1, 0.15) is 5.56 Å². The maximum absolute atomic E-state index is 11.9. The van der Waals surface area contributed by atoms with E-state index in [1.165, 1.54) is 18.2 Å². The van der Waals surface area contributed by atoms with E-state index in [1.54, 1.807) is 0 Å². The molecule has 78 valence electrons. The van der Waals surface area contributed by atoms with E-state index in [-0.39, 0.29) is 16.3 Å². The summed E-state index contributed by atoms with van der Waals surface area (Å²) in [5, 5.41) is 10.5. The van der Waals surface area contributed by atoms with Crippen LogP contribution >= 0.6 is 11.6 Å². The molecule has 0 saturated carbocycles. The number of benzene rings is 1. The van der Waals surface area contributed by atoms with Gasteiger partial charge in [0.05, 0.1) is 22.3 Å². The smallest absolute Gasteiger partial charge is 0.315 e. The van der Waals surface area contributed by atoms with Gasteiger partial charge in [0.2, 0.25) is 0 Å². The Kier molecular flexibility index (Phi) is 3.58. The Morgan fingerprint density at radius 1 is 1.53 bits per heavy atom. The fourth-order valence-corrected chi connectivity index (χ4v) is 1.10. The molecule has 0 radical (unpaired) electrons. The number of amides is 1. The summed E-state index contributed by atoms with van der Waals surface area (Å²) in [5.74, 6) is -1.43. The van der Waals surface area contributed by atoms with Gasteiger partial charge >= 0.3 is 6.43 Å².